The summed E-state index contributed by atoms with van der Waals surface area (Å²) in [6, 6.07) is 7.26. The topological polar surface area (TPSA) is 71.5 Å². The SMILES string of the molecule is Cc1ncc(C(=O)NC[C@H](O)c2cccc(OC(C)C)c2)s1. The fourth-order valence-corrected chi connectivity index (χ4v) is 2.62. The number of amides is 1. The summed E-state index contributed by atoms with van der Waals surface area (Å²) in [7, 11) is 0. The van der Waals surface area contributed by atoms with Crippen molar-refractivity contribution in [2.24, 2.45) is 0 Å². The molecule has 0 aliphatic heterocycles. The molecule has 1 atom stereocenters. The van der Waals surface area contributed by atoms with Gasteiger partial charge in [0.2, 0.25) is 0 Å². The predicted molar refractivity (Wildman–Crippen MR) is 86.4 cm³/mol. The molecule has 0 radical (unpaired) electrons. The van der Waals surface area contributed by atoms with Crippen LogP contribution in [0.2, 0.25) is 0 Å². The third kappa shape index (κ3) is 4.54. The fraction of sp³-hybridized carbons (Fsp3) is 0.375. The highest BCUT2D eigenvalue weighted by atomic mass is 32.1. The molecule has 0 saturated carbocycles. The van der Waals surface area contributed by atoms with E-state index in [4.69, 9.17) is 4.74 Å². The zero-order valence-corrected chi connectivity index (χ0v) is 13.7. The number of carbonyl (C=O) groups is 1. The number of aromatic nitrogens is 1. The van der Waals surface area contributed by atoms with Crippen LogP contribution < -0.4 is 10.1 Å². The summed E-state index contributed by atoms with van der Waals surface area (Å²) >= 11 is 1.33. The summed E-state index contributed by atoms with van der Waals surface area (Å²) < 4.78 is 5.60. The van der Waals surface area contributed by atoms with Crippen LogP contribution in [0.3, 0.4) is 0 Å². The normalized spacial score (nSPS) is 12.2. The Balaban J connectivity index is 1.94. The summed E-state index contributed by atoms with van der Waals surface area (Å²) in [6.45, 7) is 5.87. The van der Waals surface area contributed by atoms with E-state index in [-0.39, 0.29) is 18.6 Å². The van der Waals surface area contributed by atoms with E-state index in [2.05, 4.69) is 10.3 Å². The Bertz CT molecular complexity index is 640. The van der Waals surface area contributed by atoms with Crippen molar-refractivity contribution in [2.45, 2.75) is 33.0 Å². The van der Waals surface area contributed by atoms with E-state index in [0.29, 0.717) is 16.2 Å². The summed E-state index contributed by atoms with van der Waals surface area (Å²) in [5, 5.41) is 13.7. The van der Waals surface area contributed by atoms with Crippen LogP contribution in [0.4, 0.5) is 0 Å². The van der Waals surface area contributed by atoms with E-state index in [9.17, 15) is 9.90 Å². The molecule has 1 heterocycles. The summed E-state index contributed by atoms with van der Waals surface area (Å²) in [4.78, 5) is 16.5. The molecule has 2 N–H and O–H groups in total. The predicted octanol–water partition coefficient (Wildman–Crippen LogP) is 2.70. The molecule has 2 aromatic rings. The first-order valence-corrected chi connectivity index (χ1v) is 7.92. The second-order valence-corrected chi connectivity index (χ2v) is 6.44. The third-order valence-electron chi connectivity index (χ3n) is 2.92. The molecule has 1 aromatic heterocycles. The molecular weight excluding hydrogens is 300 g/mol. The van der Waals surface area contributed by atoms with Gasteiger partial charge in [0.1, 0.15) is 10.6 Å². The van der Waals surface area contributed by atoms with E-state index in [1.54, 1.807) is 18.3 Å². The van der Waals surface area contributed by atoms with Crippen LogP contribution in [0, 0.1) is 6.92 Å². The lowest BCUT2D eigenvalue weighted by atomic mass is 10.1. The maximum Gasteiger partial charge on any atom is 0.263 e. The molecule has 0 aliphatic carbocycles. The lowest BCUT2D eigenvalue weighted by Gasteiger charge is -2.14. The number of nitrogens with zero attached hydrogens (tertiary/aromatic N) is 1. The van der Waals surface area contributed by atoms with Crippen LogP contribution in [0.5, 0.6) is 5.75 Å². The van der Waals surface area contributed by atoms with Gasteiger partial charge in [0, 0.05) is 6.54 Å². The average Bonchev–Trinajstić information content (AvgIpc) is 2.90. The number of rotatable bonds is 6. The van der Waals surface area contributed by atoms with E-state index in [1.165, 1.54) is 11.3 Å². The van der Waals surface area contributed by atoms with Gasteiger partial charge in [0.25, 0.3) is 5.91 Å². The minimum atomic E-state index is -0.784. The monoisotopic (exact) mass is 320 g/mol. The molecule has 22 heavy (non-hydrogen) atoms. The largest absolute Gasteiger partial charge is 0.491 e. The first-order chi connectivity index (χ1) is 10.5. The van der Waals surface area contributed by atoms with Crippen LogP contribution in [0.15, 0.2) is 30.5 Å². The van der Waals surface area contributed by atoms with Gasteiger partial charge in [0.05, 0.1) is 23.4 Å². The van der Waals surface area contributed by atoms with Crippen LogP contribution in [0.1, 0.15) is 40.2 Å². The van der Waals surface area contributed by atoms with E-state index in [0.717, 1.165) is 5.01 Å². The van der Waals surface area contributed by atoms with Crippen molar-refractivity contribution in [3.8, 4) is 5.75 Å². The Labute approximate surface area is 134 Å². The number of aliphatic hydroxyl groups is 1. The van der Waals surface area contributed by atoms with Gasteiger partial charge in [-0.2, -0.15) is 0 Å². The smallest absolute Gasteiger partial charge is 0.263 e. The van der Waals surface area contributed by atoms with Crippen molar-refractivity contribution >= 4 is 17.2 Å². The Morgan fingerprint density at radius 2 is 2.23 bits per heavy atom. The maximum absolute atomic E-state index is 11.9. The zero-order valence-electron chi connectivity index (χ0n) is 12.9. The Kier molecular flexibility index (Phi) is 5.51. The van der Waals surface area contributed by atoms with Crippen LogP contribution >= 0.6 is 11.3 Å². The minimum absolute atomic E-state index is 0.0710. The molecular formula is C16H20N2O3S. The van der Waals surface area contributed by atoms with Crippen LogP contribution in [0.25, 0.3) is 0 Å². The Morgan fingerprint density at radius 3 is 2.86 bits per heavy atom. The molecule has 0 aliphatic rings. The molecule has 1 amide bonds. The van der Waals surface area contributed by atoms with E-state index < -0.39 is 6.10 Å². The highest BCUT2D eigenvalue weighted by Crippen LogP contribution is 2.20. The first kappa shape index (κ1) is 16.5. The number of aliphatic hydroxyl groups excluding tert-OH is 1. The number of nitrogens with one attached hydrogen (secondary N) is 1. The molecule has 0 saturated heterocycles. The molecule has 2 rings (SSSR count). The quantitative estimate of drug-likeness (QED) is 0.858. The van der Waals surface area contributed by atoms with Crippen molar-refractivity contribution in [3.63, 3.8) is 0 Å². The molecule has 0 unspecified atom stereocenters. The zero-order chi connectivity index (χ0) is 16.1. The maximum atomic E-state index is 11.9. The molecule has 0 bridgehead atoms. The highest BCUT2D eigenvalue weighted by Gasteiger charge is 2.13. The Hall–Kier alpha value is -1.92. The number of benzene rings is 1. The van der Waals surface area contributed by atoms with Crippen molar-refractivity contribution in [1.82, 2.24) is 10.3 Å². The molecule has 118 valence electrons. The molecule has 0 fully saturated rings. The van der Waals surface area contributed by atoms with Gasteiger partial charge in [-0.3, -0.25) is 4.79 Å². The molecule has 6 heteroatoms. The number of carbonyl (C=O) groups excluding carboxylic acids is 1. The first-order valence-electron chi connectivity index (χ1n) is 7.11. The van der Waals surface area contributed by atoms with Crippen molar-refractivity contribution < 1.29 is 14.6 Å². The molecule has 1 aromatic carbocycles. The van der Waals surface area contributed by atoms with Crippen LogP contribution in [-0.4, -0.2) is 28.6 Å². The molecule has 5 nitrogen and oxygen atoms in total. The summed E-state index contributed by atoms with van der Waals surface area (Å²) in [5.74, 6) is 0.482. The van der Waals surface area contributed by atoms with Gasteiger partial charge in [-0.05, 0) is 38.5 Å². The second kappa shape index (κ2) is 7.38. The number of ether oxygens (including phenoxy) is 1. The number of aryl methyl sites for hydroxylation is 1. The van der Waals surface area contributed by atoms with E-state index in [1.807, 2.05) is 32.9 Å². The summed E-state index contributed by atoms with van der Waals surface area (Å²) in [5.41, 5.74) is 0.707. The van der Waals surface area contributed by atoms with Gasteiger partial charge in [0.15, 0.2) is 0 Å². The number of hydrogen-bond donors (Lipinski definition) is 2. The number of thiazole rings is 1. The van der Waals surface area contributed by atoms with Crippen molar-refractivity contribution in [1.29, 1.82) is 0 Å². The highest BCUT2D eigenvalue weighted by molar-refractivity contribution is 7.13. The van der Waals surface area contributed by atoms with Crippen molar-refractivity contribution in [3.05, 3.63) is 45.9 Å². The summed E-state index contributed by atoms with van der Waals surface area (Å²) in [6.07, 6.45) is 0.828. The van der Waals surface area contributed by atoms with Gasteiger partial charge >= 0.3 is 0 Å². The Morgan fingerprint density at radius 1 is 1.45 bits per heavy atom. The van der Waals surface area contributed by atoms with Gasteiger partial charge in [-0.25, -0.2) is 4.98 Å². The lowest BCUT2D eigenvalue weighted by molar-refractivity contribution is 0.0920. The average molecular weight is 320 g/mol. The number of hydrogen-bond acceptors (Lipinski definition) is 5. The van der Waals surface area contributed by atoms with Gasteiger partial charge < -0.3 is 15.2 Å². The second-order valence-electron chi connectivity index (χ2n) is 5.21. The van der Waals surface area contributed by atoms with Crippen molar-refractivity contribution in [2.75, 3.05) is 6.54 Å². The fourth-order valence-electron chi connectivity index (χ4n) is 1.93. The van der Waals surface area contributed by atoms with Crippen LogP contribution in [-0.2, 0) is 0 Å². The van der Waals surface area contributed by atoms with Gasteiger partial charge in [-0.1, -0.05) is 12.1 Å². The lowest BCUT2D eigenvalue weighted by Crippen LogP contribution is -2.27. The van der Waals surface area contributed by atoms with E-state index >= 15 is 0 Å². The molecule has 0 spiro atoms. The minimum Gasteiger partial charge on any atom is -0.491 e. The third-order valence-corrected chi connectivity index (χ3v) is 3.83. The van der Waals surface area contributed by atoms with Gasteiger partial charge in [-0.15, -0.1) is 11.3 Å². The standard InChI is InChI=1S/C16H20N2O3S/c1-10(2)21-13-6-4-5-12(7-13)14(19)8-18-16(20)15-9-17-11(3)22-15/h4-7,9-10,14,19H,8H2,1-3H3,(H,18,20)/t14-/m0/s1.